The lowest BCUT2D eigenvalue weighted by Crippen LogP contribution is -2.31. The molecule has 4 rings (SSSR count). The van der Waals surface area contributed by atoms with Crippen LogP contribution in [-0.2, 0) is 19.4 Å². The highest BCUT2D eigenvalue weighted by Crippen LogP contribution is 2.45. The zero-order valence-electron chi connectivity index (χ0n) is 14.2. The molecule has 3 heterocycles. The van der Waals surface area contributed by atoms with Crippen LogP contribution >= 0.6 is 11.8 Å². The Balaban J connectivity index is 1.46. The van der Waals surface area contributed by atoms with Crippen LogP contribution in [0.3, 0.4) is 0 Å². The average Bonchev–Trinajstić information content (AvgIpc) is 2.90. The third kappa shape index (κ3) is 3.48. The van der Waals surface area contributed by atoms with Crippen molar-refractivity contribution in [2.75, 3.05) is 18.1 Å². The van der Waals surface area contributed by atoms with Gasteiger partial charge in [-0.15, -0.1) is 0 Å². The van der Waals surface area contributed by atoms with Gasteiger partial charge >= 0.3 is 0 Å². The SMILES string of the molecule is CC1CCCCC1OCC1=NC(=O)C2C(=N1)SC1=C2CCS(=O)(=O)C1. The first-order valence-electron chi connectivity index (χ1n) is 8.85. The van der Waals surface area contributed by atoms with Gasteiger partial charge in [0, 0.05) is 4.91 Å². The smallest absolute Gasteiger partial charge is 0.261 e. The molecule has 4 aliphatic rings. The second kappa shape index (κ2) is 6.63. The largest absolute Gasteiger partial charge is 0.370 e. The van der Waals surface area contributed by atoms with Crippen molar-refractivity contribution in [2.24, 2.45) is 21.8 Å². The van der Waals surface area contributed by atoms with Crippen molar-refractivity contribution in [3.63, 3.8) is 0 Å². The van der Waals surface area contributed by atoms with Crippen molar-refractivity contribution >= 4 is 38.4 Å². The molecule has 0 aromatic heterocycles. The Morgan fingerprint density at radius 1 is 1.24 bits per heavy atom. The number of aliphatic imine (C=N–C) groups is 2. The van der Waals surface area contributed by atoms with Crippen LogP contribution in [0.5, 0.6) is 0 Å². The van der Waals surface area contributed by atoms with Crippen molar-refractivity contribution in [3.05, 3.63) is 10.5 Å². The Hall–Kier alpha value is -0.990. The number of amidine groups is 1. The summed E-state index contributed by atoms with van der Waals surface area (Å²) in [7, 11) is -3.05. The number of carbonyl (C=O) groups excluding carboxylic acids is 1. The minimum Gasteiger partial charge on any atom is -0.370 e. The molecule has 0 aromatic carbocycles. The van der Waals surface area contributed by atoms with Crippen LogP contribution in [0.4, 0.5) is 0 Å². The maximum absolute atomic E-state index is 12.5. The number of sulfone groups is 1. The molecule has 0 bridgehead atoms. The van der Waals surface area contributed by atoms with E-state index in [0.717, 1.165) is 16.9 Å². The molecule has 0 radical (unpaired) electrons. The van der Waals surface area contributed by atoms with E-state index in [1.807, 2.05) is 0 Å². The molecule has 3 unspecified atom stereocenters. The fraction of sp³-hybridized carbons (Fsp3) is 0.706. The van der Waals surface area contributed by atoms with E-state index in [9.17, 15) is 13.2 Å². The van der Waals surface area contributed by atoms with Crippen LogP contribution in [0.2, 0.25) is 0 Å². The van der Waals surface area contributed by atoms with Crippen molar-refractivity contribution in [3.8, 4) is 0 Å². The number of fused-ring (bicyclic) bond motifs is 2. The predicted molar refractivity (Wildman–Crippen MR) is 98.6 cm³/mol. The molecule has 25 heavy (non-hydrogen) atoms. The minimum absolute atomic E-state index is 0.0290. The van der Waals surface area contributed by atoms with Gasteiger partial charge in [0.15, 0.2) is 15.7 Å². The monoisotopic (exact) mass is 382 g/mol. The van der Waals surface area contributed by atoms with E-state index in [4.69, 9.17) is 4.74 Å². The number of carbonyl (C=O) groups is 1. The zero-order chi connectivity index (χ0) is 17.6. The summed E-state index contributed by atoms with van der Waals surface area (Å²) in [6.07, 6.45) is 5.27. The number of amides is 1. The molecule has 1 saturated carbocycles. The highest BCUT2D eigenvalue weighted by atomic mass is 32.2. The third-order valence-electron chi connectivity index (χ3n) is 5.40. The van der Waals surface area contributed by atoms with Crippen LogP contribution in [0.15, 0.2) is 20.5 Å². The van der Waals surface area contributed by atoms with Crippen LogP contribution < -0.4 is 0 Å². The van der Waals surface area contributed by atoms with E-state index in [1.54, 1.807) is 0 Å². The predicted octanol–water partition coefficient (Wildman–Crippen LogP) is 2.35. The average molecular weight is 383 g/mol. The number of thioether (sulfide) groups is 1. The van der Waals surface area contributed by atoms with Gasteiger partial charge in [-0.1, -0.05) is 31.5 Å². The maximum atomic E-state index is 12.5. The molecule has 1 fully saturated rings. The van der Waals surface area contributed by atoms with Crippen LogP contribution in [0.25, 0.3) is 0 Å². The van der Waals surface area contributed by atoms with Gasteiger partial charge in [-0.25, -0.2) is 13.4 Å². The fourth-order valence-electron chi connectivity index (χ4n) is 3.97. The Morgan fingerprint density at radius 2 is 2.04 bits per heavy atom. The summed E-state index contributed by atoms with van der Waals surface area (Å²) in [5, 5.41) is 0.678. The highest BCUT2D eigenvalue weighted by Gasteiger charge is 2.43. The Bertz CT molecular complexity index is 797. The lowest BCUT2D eigenvalue weighted by molar-refractivity contribution is -0.118. The third-order valence-corrected chi connectivity index (χ3v) is 8.33. The van der Waals surface area contributed by atoms with Gasteiger partial charge in [0.25, 0.3) is 5.91 Å². The van der Waals surface area contributed by atoms with Crippen LogP contribution in [0.1, 0.15) is 39.0 Å². The number of nitrogens with zero attached hydrogens (tertiary/aromatic N) is 2. The van der Waals surface area contributed by atoms with Gasteiger partial charge in [0.2, 0.25) is 0 Å². The lowest BCUT2D eigenvalue weighted by Gasteiger charge is -2.28. The Kier molecular flexibility index (Phi) is 4.62. The first-order valence-corrected chi connectivity index (χ1v) is 11.5. The van der Waals surface area contributed by atoms with Crippen molar-refractivity contribution in [2.45, 2.75) is 45.1 Å². The molecule has 0 N–H and O–H groups in total. The molecule has 136 valence electrons. The molecule has 3 aliphatic heterocycles. The molecular formula is C17H22N2O4S2. The van der Waals surface area contributed by atoms with Gasteiger partial charge in [-0.2, -0.15) is 4.99 Å². The van der Waals surface area contributed by atoms with E-state index in [0.29, 0.717) is 23.2 Å². The summed E-state index contributed by atoms with van der Waals surface area (Å²) in [4.78, 5) is 21.9. The zero-order valence-corrected chi connectivity index (χ0v) is 15.9. The number of hydrogen-bond donors (Lipinski definition) is 0. The first kappa shape index (κ1) is 17.4. The van der Waals surface area contributed by atoms with Gasteiger partial charge in [-0.05, 0) is 30.8 Å². The second-order valence-corrected chi connectivity index (χ2v) is 10.6. The Labute approximate surface area is 152 Å². The van der Waals surface area contributed by atoms with E-state index in [-0.39, 0.29) is 30.1 Å². The molecular weight excluding hydrogens is 360 g/mol. The van der Waals surface area contributed by atoms with Gasteiger partial charge in [-0.3, -0.25) is 4.79 Å². The van der Waals surface area contributed by atoms with E-state index in [1.165, 1.54) is 31.0 Å². The molecule has 1 aliphatic carbocycles. The molecule has 1 amide bonds. The number of hydrogen-bond acceptors (Lipinski definition) is 6. The summed E-state index contributed by atoms with van der Waals surface area (Å²) in [6.45, 7) is 2.45. The van der Waals surface area contributed by atoms with Crippen molar-refractivity contribution < 1.29 is 17.9 Å². The molecule has 0 saturated heterocycles. The van der Waals surface area contributed by atoms with Gasteiger partial charge < -0.3 is 4.74 Å². The van der Waals surface area contributed by atoms with E-state index < -0.39 is 15.8 Å². The van der Waals surface area contributed by atoms with E-state index >= 15 is 0 Å². The highest BCUT2D eigenvalue weighted by molar-refractivity contribution is 8.18. The minimum atomic E-state index is -3.05. The summed E-state index contributed by atoms with van der Waals surface area (Å²) < 4.78 is 29.6. The fourth-order valence-corrected chi connectivity index (χ4v) is 7.12. The van der Waals surface area contributed by atoms with Gasteiger partial charge in [0.1, 0.15) is 12.5 Å². The summed E-state index contributed by atoms with van der Waals surface area (Å²) in [5.74, 6) is 0.410. The maximum Gasteiger partial charge on any atom is 0.261 e. The lowest BCUT2D eigenvalue weighted by atomic mass is 9.88. The second-order valence-electron chi connectivity index (χ2n) is 7.25. The topological polar surface area (TPSA) is 85.2 Å². The first-order chi connectivity index (χ1) is 11.9. The number of ether oxygens (including phenoxy) is 1. The van der Waals surface area contributed by atoms with Crippen molar-refractivity contribution in [1.82, 2.24) is 0 Å². The molecule has 8 heteroatoms. The van der Waals surface area contributed by atoms with E-state index in [2.05, 4.69) is 16.9 Å². The van der Waals surface area contributed by atoms with Crippen LogP contribution in [0, 0.1) is 11.8 Å². The summed E-state index contributed by atoms with van der Waals surface area (Å²) >= 11 is 1.34. The summed E-state index contributed by atoms with van der Waals surface area (Å²) in [6, 6.07) is 0. The van der Waals surface area contributed by atoms with Crippen molar-refractivity contribution in [1.29, 1.82) is 0 Å². The number of rotatable bonds is 3. The molecule has 0 aromatic rings. The molecule has 3 atom stereocenters. The standard InChI is InChI=1S/C17H22N2O4S2/c1-10-4-2-3-5-12(10)23-8-14-18-16(20)15-11-6-7-25(21,22)9-13(11)24-17(15)19-14/h10,12,15H,2-9H2,1H3. The normalized spacial score (nSPS) is 34.3. The Morgan fingerprint density at radius 3 is 2.84 bits per heavy atom. The molecule has 6 nitrogen and oxygen atoms in total. The molecule has 0 spiro atoms. The summed E-state index contributed by atoms with van der Waals surface area (Å²) in [5.41, 5.74) is 0.910. The quantitative estimate of drug-likeness (QED) is 0.748. The van der Waals surface area contributed by atoms with Gasteiger partial charge in [0.05, 0.1) is 22.7 Å². The van der Waals surface area contributed by atoms with Crippen LogP contribution in [-0.4, -0.2) is 49.4 Å².